The van der Waals surface area contributed by atoms with Gasteiger partial charge in [0.15, 0.2) is 5.78 Å². The number of nitrogens with zero attached hydrogens (tertiary/aromatic N) is 2. The van der Waals surface area contributed by atoms with Gasteiger partial charge in [-0.05, 0) is 67.4 Å². The van der Waals surface area contributed by atoms with Crippen LogP contribution in [0.15, 0.2) is 71.2 Å². The van der Waals surface area contributed by atoms with Crippen LogP contribution in [0.5, 0.6) is 0 Å². The number of nitrogens with one attached hydrogen (secondary N) is 1. The van der Waals surface area contributed by atoms with Crippen LogP contribution in [0.1, 0.15) is 40.2 Å². The smallest absolute Gasteiger partial charge is 0.269 e. The average Bonchev–Trinajstić information content (AvgIpc) is 3.52. The Balaban J connectivity index is 1.59. The Morgan fingerprint density at radius 2 is 1.83 bits per heavy atom. The molecule has 3 unspecified atom stereocenters. The maximum absolute atomic E-state index is 14.3. The average molecular weight is 550 g/mol. The first-order valence-corrected chi connectivity index (χ1v) is 12.5. The van der Waals surface area contributed by atoms with Gasteiger partial charge in [-0.15, -0.1) is 0 Å². The molecular weight excluding hydrogens is 529 g/mol. The Hall–Kier alpha value is -3.43. The molecule has 3 aliphatic rings. The monoisotopic (exact) mass is 549 g/mol. The van der Waals surface area contributed by atoms with Gasteiger partial charge in [0.2, 0.25) is 5.91 Å². The molecule has 36 heavy (non-hydrogen) atoms. The van der Waals surface area contributed by atoms with Crippen LogP contribution in [0.25, 0.3) is 0 Å². The molecule has 4 atom stereocenters. The van der Waals surface area contributed by atoms with Gasteiger partial charge in [-0.1, -0.05) is 28.1 Å². The van der Waals surface area contributed by atoms with Crippen molar-refractivity contribution in [2.24, 2.45) is 5.92 Å². The zero-order chi connectivity index (χ0) is 25.2. The highest BCUT2D eigenvalue weighted by molar-refractivity contribution is 9.10. The number of benzene rings is 3. The fourth-order valence-electron chi connectivity index (χ4n) is 6.52. The maximum Gasteiger partial charge on any atom is 0.269 e. The molecule has 6 rings (SSSR count). The van der Waals surface area contributed by atoms with Crippen molar-refractivity contribution in [3.8, 4) is 0 Å². The number of rotatable bonds is 4. The number of anilines is 1. The number of non-ortho nitro benzene ring substituents is 1. The molecule has 9 heteroatoms. The quantitative estimate of drug-likeness (QED) is 0.267. The molecule has 0 saturated carbocycles. The van der Waals surface area contributed by atoms with Gasteiger partial charge in [0.05, 0.1) is 10.8 Å². The van der Waals surface area contributed by atoms with Crippen molar-refractivity contribution in [1.29, 1.82) is 0 Å². The minimum atomic E-state index is -1.25. The zero-order valence-corrected chi connectivity index (χ0v) is 20.6. The summed E-state index contributed by atoms with van der Waals surface area (Å²) < 4.78 is 14.5. The molecule has 1 N–H and O–H groups in total. The van der Waals surface area contributed by atoms with Crippen LogP contribution in [-0.4, -0.2) is 34.1 Å². The zero-order valence-electron chi connectivity index (χ0n) is 19.0. The molecule has 0 aliphatic carbocycles. The van der Waals surface area contributed by atoms with E-state index in [1.807, 2.05) is 18.2 Å². The summed E-state index contributed by atoms with van der Waals surface area (Å²) in [5.41, 5.74) is 1.20. The molecule has 3 heterocycles. The third-order valence-electron chi connectivity index (χ3n) is 7.86. The summed E-state index contributed by atoms with van der Waals surface area (Å²) in [5, 5.41) is 14.3. The molecule has 3 aromatic carbocycles. The SMILES string of the molecule is O=C(c1ccc(F)cc1)C1C(c2ccc([N+](=O)[O-])cc2)C2CCCN2[C@@]12C(=O)Nc1ccc(Br)cc12. The van der Waals surface area contributed by atoms with Gasteiger partial charge < -0.3 is 5.32 Å². The molecule has 2 fully saturated rings. The molecule has 0 aromatic heterocycles. The van der Waals surface area contributed by atoms with Gasteiger partial charge in [-0.25, -0.2) is 4.39 Å². The molecule has 1 amide bonds. The third-order valence-corrected chi connectivity index (χ3v) is 8.36. The second-order valence-corrected chi connectivity index (χ2v) is 10.5. The van der Waals surface area contributed by atoms with Crippen molar-refractivity contribution in [3.63, 3.8) is 0 Å². The van der Waals surface area contributed by atoms with Crippen LogP contribution < -0.4 is 5.32 Å². The Morgan fingerprint density at radius 3 is 2.53 bits per heavy atom. The fraction of sp³-hybridized carbons (Fsp3) is 0.259. The molecule has 3 aromatic rings. The summed E-state index contributed by atoms with van der Waals surface area (Å²) in [4.78, 5) is 41.2. The van der Waals surface area contributed by atoms with E-state index >= 15 is 0 Å². The van der Waals surface area contributed by atoms with Gasteiger partial charge in [-0.3, -0.25) is 24.6 Å². The van der Waals surface area contributed by atoms with Crippen molar-refractivity contribution in [2.75, 3.05) is 11.9 Å². The van der Waals surface area contributed by atoms with E-state index in [2.05, 4.69) is 26.1 Å². The number of amides is 1. The topological polar surface area (TPSA) is 92.5 Å². The predicted molar refractivity (Wildman–Crippen MR) is 134 cm³/mol. The lowest BCUT2D eigenvalue weighted by atomic mass is 9.69. The number of hydrogen-bond acceptors (Lipinski definition) is 5. The van der Waals surface area contributed by atoms with Crippen LogP contribution >= 0.6 is 15.9 Å². The molecular formula is C27H21BrFN3O4. The van der Waals surface area contributed by atoms with Crippen LogP contribution in [0.4, 0.5) is 15.8 Å². The lowest BCUT2D eigenvalue weighted by molar-refractivity contribution is -0.384. The molecule has 2 saturated heterocycles. The molecule has 1 spiro atoms. The van der Waals surface area contributed by atoms with Gasteiger partial charge in [0, 0.05) is 45.4 Å². The summed E-state index contributed by atoms with van der Waals surface area (Å²) in [6.07, 6.45) is 1.65. The fourth-order valence-corrected chi connectivity index (χ4v) is 6.88. The third kappa shape index (κ3) is 3.19. The number of carbonyl (C=O) groups excluding carboxylic acids is 2. The summed E-state index contributed by atoms with van der Waals surface area (Å²) in [6, 6.07) is 17.1. The van der Waals surface area contributed by atoms with Crippen LogP contribution in [0, 0.1) is 21.8 Å². The summed E-state index contributed by atoms with van der Waals surface area (Å²) in [5.74, 6) is -2.16. The number of hydrogen-bond donors (Lipinski definition) is 1. The van der Waals surface area contributed by atoms with E-state index in [1.54, 1.807) is 12.1 Å². The first-order valence-electron chi connectivity index (χ1n) is 11.7. The Bertz CT molecular complexity index is 1410. The first kappa shape index (κ1) is 23.0. The lowest BCUT2D eigenvalue weighted by Crippen LogP contribution is -2.52. The van der Waals surface area contributed by atoms with E-state index in [0.29, 0.717) is 17.8 Å². The van der Waals surface area contributed by atoms with Gasteiger partial charge >= 0.3 is 0 Å². The number of nitro benzene ring substituents is 1. The number of halogens is 2. The highest BCUT2D eigenvalue weighted by Crippen LogP contribution is 2.61. The molecule has 0 radical (unpaired) electrons. The van der Waals surface area contributed by atoms with Crippen molar-refractivity contribution < 1.29 is 18.9 Å². The minimum absolute atomic E-state index is 0.0379. The van der Waals surface area contributed by atoms with E-state index in [0.717, 1.165) is 28.4 Å². The van der Waals surface area contributed by atoms with E-state index in [9.17, 15) is 24.1 Å². The maximum atomic E-state index is 14.3. The van der Waals surface area contributed by atoms with E-state index in [1.165, 1.54) is 36.4 Å². The number of nitro groups is 1. The summed E-state index contributed by atoms with van der Waals surface area (Å²) >= 11 is 3.53. The minimum Gasteiger partial charge on any atom is -0.324 e. The highest BCUT2D eigenvalue weighted by atomic mass is 79.9. The second-order valence-electron chi connectivity index (χ2n) is 9.54. The largest absolute Gasteiger partial charge is 0.324 e. The second kappa shape index (κ2) is 8.31. The molecule has 0 bridgehead atoms. The Morgan fingerprint density at radius 1 is 1.11 bits per heavy atom. The van der Waals surface area contributed by atoms with Crippen molar-refractivity contribution in [1.82, 2.24) is 4.90 Å². The van der Waals surface area contributed by atoms with E-state index in [-0.39, 0.29) is 29.3 Å². The number of Topliss-reactive ketones (excluding diaryl/α,β-unsaturated/α-hetero) is 1. The lowest BCUT2D eigenvalue weighted by Gasteiger charge is -2.37. The normalized spacial score (nSPS) is 26.6. The van der Waals surface area contributed by atoms with Crippen LogP contribution in [0.3, 0.4) is 0 Å². The molecule has 3 aliphatic heterocycles. The van der Waals surface area contributed by atoms with E-state index in [4.69, 9.17) is 0 Å². The number of fused-ring (bicyclic) bond motifs is 4. The summed E-state index contributed by atoms with van der Waals surface area (Å²) in [7, 11) is 0. The van der Waals surface area contributed by atoms with Crippen molar-refractivity contribution >= 4 is 39.0 Å². The Kier molecular flexibility index (Phi) is 5.31. The van der Waals surface area contributed by atoms with Crippen LogP contribution in [0.2, 0.25) is 0 Å². The molecule has 7 nitrogen and oxygen atoms in total. The van der Waals surface area contributed by atoms with Gasteiger partial charge in [0.1, 0.15) is 11.4 Å². The van der Waals surface area contributed by atoms with Crippen molar-refractivity contribution in [2.45, 2.75) is 30.3 Å². The van der Waals surface area contributed by atoms with E-state index < -0.39 is 22.2 Å². The number of carbonyl (C=O) groups is 2. The highest BCUT2D eigenvalue weighted by Gasteiger charge is 2.69. The standard InChI is InChI=1S/C27H21BrFN3O4/c28-17-7-12-21-20(14-17)27(26(34)30-21)24(25(33)16-3-8-18(29)9-4-16)23(22-2-1-13-31(22)27)15-5-10-19(11-6-15)32(35)36/h3-12,14,22-24H,1-2,13H2,(H,30,34)/t22?,23?,24?,27-/m1/s1. The first-order chi connectivity index (χ1) is 17.3. The van der Waals surface area contributed by atoms with Gasteiger partial charge in [-0.2, -0.15) is 0 Å². The number of ketones is 1. The predicted octanol–water partition coefficient (Wildman–Crippen LogP) is 5.40. The van der Waals surface area contributed by atoms with Crippen LogP contribution in [-0.2, 0) is 10.3 Å². The Labute approximate surface area is 214 Å². The van der Waals surface area contributed by atoms with Gasteiger partial charge in [0.25, 0.3) is 5.69 Å². The molecule has 182 valence electrons. The van der Waals surface area contributed by atoms with Crippen molar-refractivity contribution in [3.05, 3.63) is 104 Å². The summed E-state index contributed by atoms with van der Waals surface area (Å²) in [6.45, 7) is 0.640.